The van der Waals surface area contributed by atoms with E-state index >= 15 is 0 Å². The average molecular weight is 186 g/mol. The molecule has 1 aromatic heterocycles. The molecule has 68 valence electrons. The molecule has 1 atom stereocenters. The molecule has 5 heteroatoms. The van der Waals surface area contributed by atoms with Gasteiger partial charge in [-0.15, -0.1) is 0 Å². The first-order valence-corrected chi connectivity index (χ1v) is 3.42. The monoisotopic (exact) mass is 186 g/mol. The van der Waals surface area contributed by atoms with Gasteiger partial charge in [-0.1, -0.05) is 6.07 Å². The van der Waals surface area contributed by atoms with E-state index in [0.717, 1.165) is 6.20 Å². The van der Waals surface area contributed by atoms with Crippen LogP contribution in [0.3, 0.4) is 0 Å². The second-order valence-electron chi connectivity index (χ2n) is 2.39. The Morgan fingerprint density at radius 2 is 2.15 bits per heavy atom. The van der Waals surface area contributed by atoms with Crippen LogP contribution in [-0.2, 0) is 0 Å². The molecule has 2 nitrogen and oxygen atoms in total. The number of aromatic nitrogens is 1. The molecule has 0 saturated carbocycles. The third-order valence-corrected chi connectivity index (χ3v) is 1.47. The fourth-order valence-corrected chi connectivity index (χ4v) is 0.883. The summed E-state index contributed by atoms with van der Waals surface area (Å²) >= 11 is 0. The largest absolute Gasteiger partial charge is 0.408 e. The number of halogens is 3. The quantitative estimate of drug-likeness (QED) is 0.674. The van der Waals surface area contributed by atoms with Gasteiger partial charge in [0.1, 0.15) is 0 Å². The number of alkyl halides is 3. The maximum atomic E-state index is 12.2. The third-order valence-electron chi connectivity index (χ3n) is 1.47. The summed E-state index contributed by atoms with van der Waals surface area (Å²) in [4.78, 5) is 3.52. The molecule has 0 aliphatic carbocycles. The van der Waals surface area contributed by atoms with Gasteiger partial charge in [-0.3, -0.25) is 4.98 Å². The molecular weight excluding hydrogens is 181 g/mol. The van der Waals surface area contributed by atoms with Crippen molar-refractivity contribution in [2.45, 2.75) is 12.1 Å². The number of nitriles is 1. The third kappa shape index (κ3) is 2.18. The molecular formula is C8H5F3N2. The number of rotatable bonds is 1. The van der Waals surface area contributed by atoms with Crippen molar-refractivity contribution in [2.24, 2.45) is 0 Å². The maximum absolute atomic E-state index is 12.2. The molecule has 0 aliphatic heterocycles. The minimum atomic E-state index is -4.53. The molecule has 0 fully saturated rings. The van der Waals surface area contributed by atoms with Gasteiger partial charge in [-0.05, 0) is 11.6 Å². The molecule has 13 heavy (non-hydrogen) atoms. The normalized spacial score (nSPS) is 13.4. The van der Waals surface area contributed by atoms with Crippen LogP contribution in [0.15, 0.2) is 24.5 Å². The molecule has 0 spiro atoms. The summed E-state index contributed by atoms with van der Waals surface area (Å²) in [5.41, 5.74) is -0.127. The van der Waals surface area contributed by atoms with Gasteiger partial charge < -0.3 is 0 Å². The molecule has 0 radical (unpaired) electrons. The highest BCUT2D eigenvalue weighted by atomic mass is 19.4. The van der Waals surface area contributed by atoms with Crippen LogP contribution in [0.1, 0.15) is 11.5 Å². The zero-order valence-electron chi connectivity index (χ0n) is 6.42. The van der Waals surface area contributed by atoms with Gasteiger partial charge in [0.15, 0.2) is 5.92 Å². The second kappa shape index (κ2) is 3.44. The van der Waals surface area contributed by atoms with Crippen molar-refractivity contribution in [3.63, 3.8) is 0 Å². The van der Waals surface area contributed by atoms with Crippen LogP contribution in [0.5, 0.6) is 0 Å². The summed E-state index contributed by atoms with van der Waals surface area (Å²) in [7, 11) is 0. The van der Waals surface area contributed by atoms with Crippen molar-refractivity contribution in [3.8, 4) is 6.07 Å². The average Bonchev–Trinajstić information content (AvgIpc) is 2.05. The van der Waals surface area contributed by atoms with Crippen LogP contribution in [0.4, 0.5) is 13.2 Å². The molecule has 0 aliphatic rings. The van der Waals surface area contributed by atoms with E-state index < -0.39 is 12.1 Å². The van der Waals surface area contributed by atoms with Crippen LogP contribution >= 0.6 is 0 Å². The van der Waals surface area contributed by atoms with E-state index in [0.29, 0.717) is 0 Å². The summed E-state index contributed by atoms with van der Waals surface area (Å²) in [6, 6.07) is 3.79. The van der Waals surface area contributed by atoms with Crippen LogP contribution in [0, 0.1) is 11.3 Å². The topological polar surface area (TPSA) is 36.7 Å². The van der Waals surface area contributed by atoms with Crippen molar-refractivity contribution >= 4 is 0 Å². The van der Waals surface area contributed by atoms with Crippen molar-refractivity contribution < 1.29 is 13.2 Å². The Kier molecular flexibility index (Phi) is 2.52. The van der Waals surface area contributed by atoms with Crippen LogP contribution in [0.2, 0.25) is 0 Å². The Bertz CT molecular complexity index is 312. The first kappa shape index (κ1) is 9.52. The Labute approximate surface area is 72.6 Å². The summed E-state index contributed by atoms with van der Waals surface area (Å²) in [6.45, 7) is 0. The molecule has 0 bridgehead atoms. The Morgan fingerprint density at radius 3 is 2.54 bits per heavy atom. The first-order chi connectivity index (χ1) is 6.05. The van der Waals surface area contributed by atoms with Crippen molar-refractivity contribution in [2.75, 3.05) is 0 Å². The number of pyridine rings is 1. The highest BCUT2D eigenvalue weighted by molar-refractivity contribution is 5.23. The molecule has 1 heterocycles. The van der Waals surface area contributed by atoms with Gasteiger partial charge in [0.25, 0.3) is 0 Å². The number of nitrogens with zero attached hydrogens (tertiary/aromatic N) is 2. The van der Waals surface area contributed by atoms with Gasteiger partial charge in [0.2, 0.25) is 0 Å². The Balaban J connectivity index is 3.01. The van der Waals surface area contributed by atoms with Gasteiger partial charge in [-0.2, -0.15) is 18.4 Å². The van der Waals surface area contributed by atoms with Crippen LogP contribution in [-0.4, -0.2) is 11.2 Å². The summed E-state index contributed by atoms with van der Waals surface area (Å²) in [5, 5.41) is 8.32. The highest BCUT2D eigenvalue weighted by Gasteiger charge is 2.41. The van der Waals surface area contributed by atoms with E-state index in [1.165, 1.54) is 24.4 Å². The van der Waals surface area contributed by atoms with E-state index in [4.69, 9.17) is 5.26 Å². The van der Waals surface area contributed by atoms with Crippen molar-refractivity contribution in [1.82, 2.24) is 4.98 Å². The minimum Gasteiger partial charge on any atom is -0.264 e. The van der Waals surface area contributed by atoms with E-state index in [1.807, 2.05) is 0 Å². The summed E-state index contributed by atoms with van der Waals surface area (Å²) in [5.74, 6) is -2.08. The molecule has 1 aromatic rings. The number of hydrogen-bond acceptors (Lipinski definition) is 2. The fourth-order valence-electron chi connectivity index (χ4n) is 0.883. The molecule has 1 unspecified atom stereocenters. The SMILES string of the molecule is N#CC(c1cccnc1)C(F)(F)F. The Hall–Kier alpha value is -1.57. The fraction of sp³-hybridized carbons (Fsp3) is 0.250. The lowest BCUT2D eigenvalue weighted by Crippen LogP contribution is -2.19. The van der Waals surface area contributed by atoms with Gasteiger partial charge in [0.05, 0.1) is 6.07 Å². The predicted molar refractivity (Wildman–Crippen MR) is 38.6 cm³/mol. The van der Waals surface area contributed by atoms with Crippen molar-refractivity contribution in [3.05, 3.63) is 30.1 Å². The molecule has 1 rings (SSSR count). The zero-order chi connectivity index (χ0) is 9.90. The minimum absolute atomic E-state index is 0.127. The lowest BCUT2D eigenvalue weighted by atomic mass is 10.0. The van der Waals surface area contributed by atoms with E-state index in [1.54, 1.807) is 0 Å². The standard InChI is InChI=1S/C8H5F3N2/c9-8(10,11)7(4-12)6-2-1-3-13-5-6/h1-3,5,7H. The van der Waals surface area contributed by atoms with E-state index in [2.05, 4.69) is 4.98 Å². The van der Waals surface area contributed by atoms with Crippen molar-refractivity contribution in [1.29, 1.82) is 5.26 Å². The summed E-state index contributed by atoms with van der Waals surface area (Å²) in [6.07, 6.45) is -2.13. The number of hydrogen-bond donors (Lipinski definition) is 0. The van der Waals surface area contributed by atoms with Crippen LogP contribution in [0.25, 0.3) is 0 Å². The highest BCUT2D eigenvalue weighted by Crippen LogP contribution is 2.33. The van der Waals surface area contributed by atoms with Gasteiger partial charge >= 0.3 is 6.18 Å². The van der Waals surface area contributed by atoms with Gasteiger partial charge in [0, 0.05) is 12.4 Å². The predicted octanol–water partition coefficient (Wildman–Crippen LogP) is 2.25. The first-order valence-electron chi connectivity index (χ1n) is 3.42. The van der Waals surface area contributed by atoms with Gasteiger partial charge in [-0.25, -0.2) is 0 Å². The Morgan fingerprint density at radius 1 is 1.46 bits per heavy atom. The van der Waals surface area contributed by atoms with E-state index in [9.17, 15) is 13.2 Å². The second-order valence-corrected chi connectivity index (χ2v) is 2.39. The zero-order valence-corrected chi connectivity index (χ0v) is 6.42. The molecule has 0 amide bonds. The molecule has 0 aromatic carbocycles. The lowest BCUT2D eigenvalue weighted by molar-refractivity contribution is -0.137. The smallest absolute Gasteiger partial charge is 0.264 e. The maximum Gasteiger partial charge on any atom is 0.408 e. The van der Waals surface area contributed by atoms with Crippen LogP contribution < -0.4 is 0 Å². The lowest BCUT2D eigenvalue weighted by Gasteiger charge is -2.12. The van der Waals surface area contributed by atoms with E-state index in [-0.39, 0.29) is 5.56 Å². The molecule has 0 N–H and O–H groups in total. The molecule has 0 saturated heterocycles. The summed E-state index contributed by atoms with van der Waals surface area (Å²) < 4.78 is 36.5.